The number of rotatable bonds is 4. The molecule has 1 saturated carbocycles. The van der Waals surface area contributed by atoms with Crippen molar-refractivity contribution >= 4 is 29.9 Å². The van der Waals surface area contributed by atoms with Crippen molar-refractivity contribution in [1.82, 2.24) is 10.6 Å². The van der Waals surface area contributed by atoms with Gasteiger partial charge in [-0.2, -0.15) is 0 Å². The number of aliphatic imine (C=N–C) groups is 1. The first-order valence-electron chi connectivity index (χ1n) is 5.70. The maximum absolute atomic E-state index is 12.1. The second kappa shape index (κ2) is 7.42. The number of nitrogens with one attached hydrogen (secondary N) is 2. The van der Waals surface area contributed by atoms with Crippen LogP contribution in [0, 0.1) is 5.41 Å². The summed E-state index contributed by atoms with van der Waals surface area (Å²) in [5, 5.41) is 5.73. The van der Waals surface area contributed by atoms with Gasteiger partial charge in [-0.3, -0.25) is 4.99 Å². The van der Waals surface area contributed by atoms with Crippen LogP contribution in [0.15, 0.2) is 4.99 Å². The fourth-order valence-electron chi connectivity index (χ4n) is 2.06. The van der Waals surface area contributed by atoms with E-state index in [-0.39, 0.29) is 48.1 Å². The molecule has 7 heteroatoms. The van der Waals surface area contributed by atoms with E-state index in [1.165, 1.54) is 0 Å². The molecule has 0 aliphatic heterocycles. The van der Waals surface area contributed by atoms with Crippen LogP contribution >= 0.6 is 24.0 Å². The van der Waals surface area contributed by atoms with E-state index < -0.39 is 6.43 Å². The zero-order valence-corrected chi connectivity index (χ0v) is 13.5. The average Bonchev–Trinajstić information content (AvgIpc) is 2.27. The fraction of sp³-hybridized carbons (Fsp3) is 0.909. The van der Waals surface area contributed by atoms with Gasteiger partial charge in [-0.05, 0) is 6.42 Å². The Bertz CT molecular complexity index is 287. The SMILES string of the molecule is CN=C(NCC(F)F)NC1CC(OC)C1(C)C.I. The van der Waals surface area contributed by atoms with Gasteiger partial charge in [0.05, 0.1) is 12.6 Å². The average molecular weight is 377 g/mol. The highest BCUT2D eigenvalue weighted by Gasteiger charge is 2.48. The lowest BCUT2D eigenvalue weighted by molar-refractivity contribution is -0.0923. The molecule has 0 saturated heterocycles. The monoisotopic (exact) mass is 377 g/mol. The van der Waals surface area contributed by atoms with Crippen molar-refractivity contribution in [3.63, 3.8) is 0 Å². The van der Waals surface area contributed by atoms with Crippen molar-refractivity contribution in [2.75, 3.05) is 20.7 Å². The molecule has 4 nitrogen and oxygen atoms in total. The number of nitrogens with zero attached hydrogens (tertiary/aromatic N) is 1. The zero-order valence-electron chi connectivity index (χ0n) is 11.2. The first kappa shape index (κ1) is 17.8. The summed E-state index contributed by atoms with van der Waals surface area (Å²) in [4.78, 5) is 3.92. The van der Waals surface area contributed by atoms with E-state index in [0.29, 0.717) is 5.96 Å². The molecule has 108 valence electrons. The van der Waals surface area contributed by atoms with Crippen LogP contribution < -0.4 is 10.6 Å². The van der Waals surface area contributed by atoms with Crippen LogP contribution in [-0.2, 0) is 4.74 Å². The number of alkyl halides is 2. The Balaban J connectivity index is 0.00000289. The maximum atomic E-state index is 12.1. The van der Waals surface area contributed by atoms with Crippen LogP contribution in [0.4, 0.5) is 8.78 Å². The van der Waals surface area contributed by atoms with Gasteiger partial charge < -0.3 is 15.4 Å². The predicted octanol–water partition coefficient (Wildman–Crippen LogP) is 1.85. The number of hydrogen-bond donors (Lipinski definition) is 2. The van der Waals surface area contributed by atoms with Crippen LogP contribution in [0.3, 0.4) is 0 Å². The summed E-state index contributed by atoms with van der Waals surface area (Å²) < 4.78 is 29.5. The van der Waals surface area contributed by atoms with Crippen molar-refractivity contribution in [2.45, 2.75) is 38.8 Å². The van der Waals surface area contributed by atoms with Crippen molar-refractivity contribution in [1.29, 1.82) is 0 Å². The Morgan fingerprint density at radius 2 is 2.11 bits per heavy atom. The normalized spacial score (nSPS) is 26.3. The standard InChI is InChI=1S/C11H21F2N3O.HI/c1-11(2)7(5-8(11)17-4)16-10(14-3)15-6-9(12)13;/h7-9H,5-6H2,1-4H3,(H2,14,15,16);1H. The Kier molecular flexibility index (Phi) is 7.34. The van der Waals surface area contributed by atoms with Gasteiger partial charge in [-0.15, -0.1) is 24.0 Å². The first-order valence-corrected chi connectivity index (χ1v) is 5.70. The fourth-order valence-corrected chi connectivity index (χ4v) is 2.06. The number of methoxy groups -OCH3 is 1. The molecule has 0 radical (unpaired) electrons. The Hall–Kier alpha value is -0.180. The Morgan fingerprint density at radius 3 is 2.50 bits per heavy atom. The third-order valence-corrected chi connectivity index (χ3v) is 3.42. The van der Waals surface area contributed by atoms with Crippen LogP contribution in [0.1, 0.15) is 20.3 Å². The molecular formula is C11H22F2IN3O. The van der Waals surface area contributed by atoms with Crippen molar-refractivity contribution in [3.05, 3.63) is 0 Å². The summed E-state index contributed by atoms with van der Waals surface area (Å²) in [6.45, 7) is 3.78. The molecule has 0 aromatic carbocycles. The molecule has 0 amide bonds. The summed E-state index contributed by atoms with van der Waals surface area (Å²) >= 11 is 0. The molecule has 1 aliphatic carbocycles. The second-order valence-corrected chi connectivity index (χ2v) is 4.82. The molecule has 18 heavy (non-hydrogen) atoms. The quantitative estimate of drug-likeness (QED) is 0.447. The van der Waals surface area contributed by atoms with Crippen LogP contribution in [-0.4, -0.2) is 45.2 Å². The van der Waals surface area contributed by atoms with E-state index in [1.54, 1.807) is 14.2 Å². The Labute approximate surface area is 124 Å². The molecule has 1 aliphatic rings. The minimum Gasteiger partial charge on any atom is -0.381 e. The second-order valence-electron chi connectivity index (χ2n) is 4.82. The van der Waals surface area contributed by atoms with E-state index in [2.05, 4.69) is 29.5 Å². The highest BCUT2D eigenvalue weighted by Crippen LogP contribution is 2.42. The van der Waals surface area contributed by atoms with E-state index in [9.17, 15) is 8.78 Å². The Morgan fingerprint density at radius 1 is 1.50 bits per heavy atom. The summed E-state index contributed by atoms with van der Waals surface area (Å²) in [7, 11) is 3.26. The zero-order chi connectivity index (χ0) is 13.1. The minimum absolute atomic E-state index is 0. The molecule has 2 atom stereocenters. The highest BCUT2D eigenvalue weighted by atomic mass is 127. The van der Waals surface area contributed by atoms with Gasteiger partial charge in [0.2, 0.25) is 0 Å². The lowest BCUT2D eigenvalue weighted by atomic mass is 9.64. The van der Waals surface area contributed by atoms with Gasteiger partial charge in [-0.25, -0.2) is 8.78 Å². The minimum atomic E-state index is -2.38. The van der Waals surface area contributed by atoms with Crippen molar-refractivity contribution in [2.24, 2.45) is 10.4 Å². The molecule has 1 rings (SSSR count). The molecule has 2 unspecified atom stereocenters. The third kappa shape index (κ3) is 4.18. The smallest absolute Gasteiger partial charge is 0.255 e. The largest absolute Gasteiger partial charge is 0.381 e. The molecule has 0 aromatic rings. The number of guanidine groups is 1. The van der Waals surface area contributed by atoms with Crippen LogP contribution in [0.25, 0.3) is 0 Å². The van der Waals surface area contributed by atoms with E-state index in [1.807, 2.05) is 0 Å². The van der Waals surface area contributed by atoms with E-state index >= 15 is 0 Å². The molecule has 2 N–H and O–H groups in total. The van der Waals surface area contributed by atoms with Gasteiger partial charge in [0.1, 0.15) is 0 Å². The molecule has 0 heterocycles. The molecule has 0 bridgehead atoms. The highest BCUT2D eigenvalue weighted by molar-refractivity contribution is 14.0. The molecule has 0 aromatic heterocycles. The van der Waals surface area contributed by atoms with E-state index in [0.717, 1.165) is 6.42 Å². The lowest BCUT2D eigenvalue weighted by Crippen LogP contribution is -2.63. The summed E-state index contributed by atoms with van der Waals surface area (Å²) in [6.07, 6.45) is -1.32. The molecule has 1 fully saturated rings. The van der Waals surface area contributed by atoms with Gasteiger partial charge >= 0.3 is 0 Å². The summed E-state index contributed by atoms with van der Waals surface area (Å²) in [6, 6.07) is 0.191. The van der Waals surface area contributed by atoms with Crippen LogP contribution in [0.2, 0.25) is 0 Å². The van der Waals surface area contributed by atoms with Crippen molar-refractivity contribution < 1.29 is 13.5 Å². The van der Waals surface area contributed by atoms with Crippen molar-refractivity contribution in [3.8, 4) is 0 Å². The number of hydrogen-bond acceptors (Lipinski definition) is 2. The van der Waals surface area contributed by atoms with Gasteiger partial charge in [0, 0.05) is 25.6 Å². The van der Waals surface area contributed by atoms with Gasteiger partial charge in [0.25, 0.3) is 6.43 Å². The summed E-state index contributed by atoms with van der Waals surface area (Å²) in [5.41, 5.74) is -0.0167. The molecular weight excluding hydrogens is 355 g/mol. The van der Waals surface area contributed by atoms with Gasteiger partial charge in [0.15, 0.2) is 5.96 Å². The number of ether oxygens (including phenoxy) is 1. The topological polar surface area (TPSA) is 45.7 Å². The van der Waals surface area contributed by atoms with Gasteiger partial charge in [-0.1, -0.05) is 13.8 Å². The van der Waals surface area contributed by atoms with E-state index in [4.69, 9.17) is 4.74 Å². The molecule has 0 spiro atoms. The third-order valence-electron chi connectivity index (χ3n) is 3.42. The maximum Gasteiger partial charge on any atom is 0.255 e. The number of halogens is 3. The lowest BCUT2D eigenvalue weighted by Gasteiger charge is -2.51. The summed E-state index contributed by atoms with van der Waals surface area (Å²) in [5.74, 6) is 0.415. The first-order chi connectivity index (χ1) is 7.91. The van der Waals surface area contributed by atoms with Crippen LogP contribution in [0.5, 0.6) is 0 Å². The predicted molar refractivity (Wildman–Crippen MR) is 78.9 cm³/mol.